The van der Waals surface area contributed by atoms with Crippen molar-refractivity contribution >= 4 is 23.5 Å². The molecular weight excluding hydrogens is 502 g/mol. The molecule has 0 aromatic heterocycles. The lowest BCUT2D eigenvalue weighted by Crippen LogP contribution is -2.39. The largest absolute Gasteiger partial charge is 0.473 e. The third-order valence-electron chi connectivity index (χ3n) is 7.07. The van der Waals surface area contributed by atoms with Crippen LogP contribution >= 0.6 is 11.6 Å². The lowest BCUT2D eigenvalue weighted by Gasteiger charge is -2.36. The van der Waals surface area contributed by atoms with Crippen LogP contribution in [0.2, 0.25) is 5.02 Å². The second-order valence-corrected chi connectivity index (χ2v) is 10.0. The van der Waals surface area contributed by atoms with E-state index in [2.05, 4.69) is 83.8 Å². The molecule has 0 spiro atoms. The van der Waals surface area contributed by atoms with Gasteiger partial charge in [0.1, 0.15) is 6.10 Å². The van der Waals surface area contributed by atoms with Crippen molar-refractivity contribution in [2.45, 2.75) is 50.4 Å². The van der Waals surface area contributed by atoms with E-state index < -0.39 is 11.9 Å². The van der Waals surface area contributed by atoms with Crippen LogP contribution < -0.4 is 0 Å². The number of rotatable bonds is 7. The highest BCUT2D eigenvalue weighted by Crippen LogP contribution is 2.39. The summed E-state index contributed by atoms with van der Waals surface area (Å²) in [6, 6.07) is 30.7. The maximum Gasteiger partial charge on any atom is 0.414 e. The third-order valence-corrected chi connectivity index (χ3v) is 7.32. The highest BCUT2D eigenvalue weighted by Gasteiger charge is 2.38. The lowest BCUT2D eigenvalue weighted by atomic mass is 9.95. The molecule has 2 atom stereocenters. The average Bonchev–Trinajstić information content (AvgIpc) is 3.15. The predicted molar refractivity (Wildman–Crippen MR) is 147 cm³/mol. The number of carboxylic acids is 2. The van der Waals surface area contributed by atoms with Crippen LogP contribution in [-0.2, 0) is 20.9 Å². The zero-order chi connectivity index (χ0) is 26.9. The average molecular weight is 534 g/mol. The van der Waals surface area contributed by atoms with Crippen LogP contribution in [0.4, 0.5) is 0 Å². The Morgan fingerprint density at radius 2 is 1.34 bits per heavy atom. The maximum absolute atomic E-state index is 9.10. The van der Waals surface area contributed by atoms with Gasteiger partial charge in [0, 0.05) is 23.7 Å². The summed E-state index contributed by atoms with van der Waals surface area (Å²) in [6.45, 7) is 1.68. The number of fused-ring (bicyclic) bond motifs is 2. The minimum absolute atomic E-state index is 0.0315. The van der Waals surface area contributed by atoms with Crippen molar-refractivity contribution in [2.75, 3.05) is 6.61 Å². The highest BCUT2D eigenvalue weighted by molar-refractivity contribution is 6.30. The van der Waals surface area contributed by atoms with Crippen molar-refractivity contribution in [1.29, 1.82) is 0 Å². The van der Waals surface area contributed by atoms with E-state index in [0.29, 0.717) is 18.7 Å². The first-order valence-corrected chi connectivity index (χ1v) is 13.1. The molecule has 2 fully saturated rings. The summed E-state index contributed by atoms with van der Waals surface area (Å²) in [5, 5.41) is 15.6. The fourth-order valence-corrected chi connectivity index (χ4v) is 5.40. The molecule has 5 rings (SSSR count). The maximum atomic E-state index is 9.10. The molecule has 0 aliphatic carbocycles. The molecule has 0 radical (unpaired) electrons. The molecule has 3 aromatic rings. The number of hydrogen-bond acceptors (Lipinski definition) is 4. The van der Waals surface area contributed by atoms with Gasteiger partial charge in [-0.25, -0.2) is 9.59 Å². The smallest absolute Gasteiger partial charge is 0.414 e. The summed E-state index contributed by atoms with van der Waals surface area (Å²) in [5.74, 6) is -3.65. The van der Waals surface area contributed by atoms with Gasteiger partial charge in [0.2, 0.25) is 0 Å². The normalized spacial score (nSPS) is 19.7. The van der Waals surface area contributed by atoms with E-state index in [0.717, 1.165) is 24.4 Å². The van der Waals surface area contributed by atoms with Crippen LogP contribution in [0.5, 0.6) is 0 Å². The van der Waals surface area contributed by atoms with Gasteiger partial charge in [0.15, 0.2) is 0 Å². The Kier molecular flexibility index (Phi) is 9.71. The van der Waals surface area contributed by atoms with Gasteiger partial charge in [0.25, 0.3) is 0 Å². The molecule has 3 aromatic carbocycles. The van der Waals surface area contributed by atoms with Crippen molar-refractivity contribution in [1.82, 2.24) is 4.90 Å². The van der Waals surface area contributed by atoms with Crippen molar-refractivity contribution in [3.05, 3.63) is 118 Å². The Morgan fingerprint density at radius 1 is 0.842 bits per heavy atom. The summed E-state index contributed by atoms with van der Waals surface area (Å²) in [4.78, 5) is 20.9. The van der Waals surface area contributed by atoms with E-state index in [1.165, 1.54) is 29.5 Å². The first kappa shape index (κ1) is 27.6. The van der Waals surface area contributed by atoms with Gasteiger partial charge < -0.3 is 14.9 Å². The van der Waals surface area contributed by atoms with Crippen molar-refractivity contribution in [3.63, 3.8) is 0 Å². The van der Waals surface area contributed by atoms with Crippen LogP contribution in [-0.4, -0.2) is 45.7 Å². The Balaban J connectivity index is 0.000000505. The summed E-state index contributed by atoms with van der Waals surface area (Å²) in [5.41, 5.74) is 5.32. The summed E-state index contributed by atoms with van der Waals surface area (Å²) < 4.78 is 6.44. The molecule has 2 N–H and O–H groups in total. The van der Waals surface area contributed by atoms with Crippen molar-refractivity contribution < 1.29 is 24.5 Å². The lowest BCUT2D eigenvalue weighted by molar-refractivity contribution is -0.159. The van der Waals surface area contributed by atoms with E-state index in [9.17, 15) is 0 Å². The number of ether oxygens (including phenoxy) is 1. The SMILES string of the molecule is Clc1ccc(CN2[C@@H]3CC[C@H]2CC(=CCOC(c2ccccc2)c2ccccc2)C3)cc1.O=C(O)C(=O)O. The Bertz CT molecular complexity index is 1160. The minimum Gasteiger partial charge on any atom is -0.473 e. The van der Waals surface area contributed by atoms with Gasteiger partial charge in [-0.05, 0) is 54.5 Å². The van der Waals surface area contributed by atoms with E-state index in [1.54, 1.807) is 5.57 Å². The molecule has 2 aliphatic heterocycles. The molecule has 0 unspecified atom stereocenters. The number of carboxylic acid groups (broad SMARTS) is 2. The van der Waals surface area contributed by atoms with Crippen LogP contribution in [0, 0.1) is 0 Å². The molecule has 7 heteroatoms. The standard InChI is InChI=1S/C29H30ClNO.C2H2O4/c30-26-13-11-22(12-14-26)21-31-27-15-16-28(31)20-23(19-27)17-18-32-29(24-7-3-1-4-8-24)25-9-5-2-6-10-25;3-1(4)2(5)6/h1-14,17,27-29H,15-16,18-21H2;(H,3,4)(H,5,6)/t27-,28+;. The summed E-state index contributed by atoms with van der Waals surface area (Å²) >= 11 is 6.06. The van der Waals surface area contributed by atoms with E-state index in [1.807, 2.05) is 12.1 Å². The molecular formula is C31H32ClNO5. The molecule has 2 bridgehead atoms. The molecule has 2 saturated heterocycles. The van der Waals surface area contributed by atoms with Crippen LogP contribution in [0.15, 0.2) is 96.6 Å². The van der Waals surface area contributed by atoms with Crippen LogP contribution in [0.1, 0.15) is 48.5 Å². The van der Waals surface area contributed by atoms with E-state index >= 15 is 0 Å². The number of benzene rings is 3. The molecule has 2 heterocycles. The van der Waals surface area contributed by atoms with Crippen molar-refractivity contribution in [3.8, 4) is 0 Å². The second-order valence-electron chi connectivity index (χ2n) is 9.60. The van der Waals surface area contributed by atoms with E-state index in [-0.39, 0.29) is 6.10 Å². The molecule has 0 saturated carbocycles. The Labute approximate surface area is 228 Å². The topological polar surface area (TPSA) is 87.1 Å². The first-order valence-electron chi connectivity index (χ1n) is 12.8. The Hall–Kier alpha value is -3.45. The zero-order valence-electron chi connectivity index (χ0n) is 21.1. The van der Waals surface area contributed by atoms with E-state index in [4.69, 9.17) is 36.1 Å². The fourth-order valence-electron chi connectivity index (χ4n) is 5.27. The number of carbonyl (C=O) groups is 2. The zero-order valence-corrected chi connectivity index (χ0v) is 21.8. The van der Waals surface area contributed by atoms with Gasteiger partial charge >= 0.3 is 11.9 Å². The first-order chi connectivity index (χ1) is 18.4. The molecule has 2 aliphatic rings. The van der Waals surface area contributed by atoms with Crippen LogP contribution in [0.3, 0.4) is 0 Å². The van der Waals surface area contributed by atoms with Gasteiger partial charge in [-0.3, -0.25) is 4.90 Å². The molecule has 6 nitrogen and oxygen atoms in total. The number of hydrogen-bond donors (Lipinski definition) is 2. The van der Waals surface area contributed by atoms with Gasteiger partial charge in [-0.2, -0.15) is 0 Å². The minimum atomic E-state index is -1.82. The second kappa shape index (κ2) is 13.4. The van der Waals surface area contributed by atoms with Gasteiger partial charge in [-0.15, -0.1) is 0 Å². The number of nitrogens with zero attached hydrogens (tertiary/aromatic N) is 1. The predicted octanol–water partition coefficient (Wildman–Crippen LogP) is 6.36. The molecule has 0 amide bonds. The highest BCUT2D eigenvalue weighted by atomic mass is 35.5. The monoisotopic (exact) mass is 533 g/mol. The Morgan fingerprint density at radius 3 is 1.82 bits per heavy atom. The quantitative estimate of drug-likeness (QED) is 0.271. The number of piperidine rings is 1. The fraction of sp³-hybridized carbons (Fsp3) is 0.290. The summed E-state index contributed by atoms with van der Waals surface area (Å²) in [7, 11) is 0. The van der Waals surface area contributed by atoms with Crippen LogP contribution in [0.25, 0.3) is 0 Å². The number of aliphatic carboxylic acids is 2. The molecule has 198 valence electrons. The van der Waals surface area contributed by atoms with Crippen molar-refractivity contribution in [2.24, 2.45) is 0 Å². The molecule has 38 heavy (non-hydrogen) atoms. The third kappa shape index (κ3) is 7.54. The number of halogens is 1. The summed E-state index contributed by atoms with van der Waals surface area (Å²) in [6.07, 6.45) is 7.24. The van der Waals surface area contributed by atoms with Gasteiger partial charge in [0.05, 0.1) is 6.61 Å². The van der Waals surface area contributed by atoms with Gasteiger partial charge in [-0.1, -0.05) is 96.0 Å².